The van der Waals surface area contributed by atoms with Gasteiger partial charge in [0.25, 0.3) is 0 Å². The van der Waals surface area contributed by atoms with Gasteiger partial charge in [0.2, 0.25) is 5.91 Å². The highest BCUT2D eigenvalue weighted by molar-refractivity contribution is 8.00. The second-order valence-corrected chi connectivity index (χ2v) is 9.18. The lowest BCUT2D eigenvalue weighted by atomic mass is 9.96. The minimum absolute atomic E-state index is 0.0316. The molecular weight excluding hydrogens is 419 g/mol. The number of halogens is 2. The molecule has 8 heteroatoms. The first-order valence-electron chi connectivity index (χ1n) is 9.80. The second kappa shape index (κ2) is 10.1. The molecule has 3 rings (SSSR count). The normalized spacial score (nSPS) is 21.6. The molecule has 2 atom stereocenters. The molecule has 1 heterocycles. The fourth-order valence-corrected chi connectivity index (χ4v) is 5.66. The smallest absolute Gasteiger partial charge is 0.407 e. The maximum atomic E-state index is 12.6. The average Bonchev–Trinajstić information content (AvgIpc) is 3.04. The number of ether oxygens (including phenoxy) is 1. The highest BCUT2D eigenvalue weighted by Gasteiger charge is 2.38. The predicted octanol–water partition coefficient (Wildman–Crippen LogP) is 5.40. The zero-order valence-electron chi connectivity index (χ0n) is 16.0. The summed E-state index contributed by atoms with van der Waals surface area (Å²) in [6, 6.07) is 5.33. The Labute approximate surface area is 180 Å². The molecule has 0 unspecified atom stereocenters. The Bertz CT molecular complexity index is 713. The zero-order chi connectivity index (χ0) is 20.1. The summed E-state index contributed by atoms with van der Waals surface area (Å²) in [6.45, 7) is 2.16. The van der Waals surface area contributed by atoms with Crippen LogP contribution in [-0.4, -0.2) is 41.3 Å². The number of hydrogen-bond donors (Lipinski definition) is 1. The predicted molar refractivity (Wildman–Crippen MR) is 114 cm³/mol. The van der Waals surface area contributed by atoms with Crippen LogP contribution in [0.15, 0.2) is 18.2 Å². The molecule has 0 spiro atoms. The Hall–Kier alpha value is -1.11. The van der Waals surface area contributed by atoms with Gasteiger partial charge in [-0.15, -0.1) is 11.8 Å². The monoisotopic (exact) mass is 444 g/mol. The van der Waals surface area contributed by atoms with Crippen LogP contribution in [0.5, 0.6) is 0 Å². The second-order valence-electron chi connectivity index (χ2n) is 7.27. The van der Waals surface area contributed by atoms with Gasteiger partial charge in [-0.1, -0.05) is 55.5 Å². The Morgan fingerprint density at radius 2 is 2.07 bits per heavy atom. The molecule has 0 aromatic heterocycles. The number of thioether (sulfide) groups is 1. The van der Waals surface area contributed by atoms with Crippen molar-refractivity contribution >= 4 is 47.0 Å². The summed E-state index contributed by atoms with van der Waals surface area (Å²) >= 11 is 13.9. The number of amides is 2. The fraction of sp³-hybridized carbons (Fsp3) is 0.600. The minimum atomic E-state index is -0.397. The Balaban J connectivity index is 1.63. The fourth-order valence-electron chi connectivity index (χ4n) is 3.79. The van der Waals surface area contributed by atoms with E-state index in [1.54, 1.807) is 17.0 Å². The van der Waals surface area contributed by atoms with Crippen LogP contribution in [0, 0.1) is 0 Å². The molecule has 2 aliphatic rings. The van der Waals surface area contributed by atoms with Gasteiger partial charge in [0, 0.05) is 21.7 Å². The molecule has 2 fully saturated rings. The number of nitrogens with one attached hydrogen (secondary N) is 1. The molecular formula is C20H26Cl2N2O3S. The van der Waals surface area contributed by atoms with E-state index in [1.807, 2.05) is 13.0 Å². The summed E-state index contributed by atoms with van der Waals surface area (Å²) in [5.41, 5.74) is 0.854. The molecule has 1 aliphatic heterocycles. The van der Waals surface area contributed by atoms with E-state index in [0.29, 0.717) is 22.2 Å². The van der Waals surface area contributed by atoms with Gasteiger partial charge in [0.05, 0.1) is 11.8 Å². The van der Waals surface area contributed by atoms with Gasteiger partial charge in [0.15, 0.2) is 0 Å². The molecule has 0 radical (unpaired) electrons. The lowest BCUT2D eigenvalue weighted by Gasteiger charge is -2.32. The Morgan fingerprint density at radius 1 is 1.32 bits per heavy atom. The van der Waals surface area contributed by atoms with Crippen LogP contribution in [0.25, 0.3) is 0 Å². The van der Waals surface area contributed by atoms with Gasteiger partial charge < -0.3 is 15.0 Å². The van der Waals surface area contributed by atoms with Gasteiger partial charge in [-0.25, -0.2) is 4.79 Å². The summed E-state index contributed by atoms with van der Waals surface area (Å²) in [4.78, 5) is 26.6. The van der Waals surface area contributed by atoms with Crippen LogP contribution in [-0.2, 0) is 9.53 Å². The Kier molecular flexibility index (Phi) is 7.77. The van der Waals surface area contributed by atoms with Crippen LogP contribution in [0.1, 0.15) is 56.4 Å². The number of carbonyl (C=O) groups is 2. The van der Waals surface area contributed by atoms with Crippen molar-refractivity contribution in [3.05, 3.63) is 33.8 Å². The molecule has 0 bridgehead atoms. The van der Waals surface area contributed by atoms with Gasteiger partial charge in [-0.3, -0.25) is 4.79 Å². The van der Waals surface area contributed by atoms with Crippen molar-refractivity contribution in [3.8, 4) is 0 Å². The highest BCUT2D eigenvalue weighted by Crippen LogP contribution is 2.43. The van der Waals surface area contributed by atoms with Crippen molar-refractivity contribution in [3.63, 3.8) is 0 Å². The lowest BCUT2D eigenvalue weighted by Crippen LogP contribution is -2.43. The van der Waals surface area contributed by atoms with Crippen LogP contribution in [0.3, 0.4) is 0 Å². The summed E-state index contributed by atoms with van der Waals surface area (Å²) in [5.74, 6) is 0.415. The van der Waals surface area contributed by atoms with Crippen molar-refractivity contribution in [1.82, 2.24) is 10.2 Å². The van der Waals surface area contributed by atoms with E-state index >= 15 is 0 Å². The maximum absolute atomic E-state index is 12.6. The molecule has 2 amide bonds. The largest absolute Gasteiger partial charge is 0.447 e. The number of hydrogen-bond acceptors (Lipinski definition) is 4. The standard InChI is InChI=1S/C20H26Cl2N2O3S/c1-2-15(11-27-20(26)23-14-6-4-3-5-7-14)24-18(25)12-28-19(24)16-9-8-13(21)10-17(16)22/h8-10,14-15,19H,2-7,11-12H2,1H3,(H,23,26)/t15-,19-/m1/s1. The van der Waals surface area contributed by atoms with E-state index in [1.165, 1.54) is 18.2 Å². The molecule has 1 N–H and O–H groups in total. The first kappa shape index (κ1) is 21.6. The van der Waals surface area contributed by atoms with Gasteiger partial charge in [-0.05, 0) is 31.4 Å². The third-order valence-electron chi connectivity index (χ3n) is 5.33. The van der Waals surface area contributed by atoms with Crippen LogP contribution < -0.4 is 5.32 Å². The van der Waals surface area contributed by atoms with E-state index in [9.17, 15) is 9.59 Å². The lowest BCUT2D eigenvalue weighted by molar-refractivity contribution is -0.131. The van der Waals surface area contributed by atoms with E-state index in [0.717, 1.165) is 31.2 Å². The summed E-state index contributed by atoms with van der Waals surface area (Å²) in [7, 11) is 0. The van der Waals surface area contributed by atoms with Crippen LogP contribution in [0.2, 0.25) is 10.0 Å². The van der Waals surface area contributed by atoms with Crippen molar-refractivity contribution in [2.24, 2.45) is 0 Å². The third kappa shape index (κ3) is 5.28. The van der Waals surface area contributed by atoms with Crippen molar-refractivity contribution in [1.29, 1.82) is 0 Å². The average molecular weight is 445 g/mol. The molecule has 5 nitrogen and oxygen atoms in total. The molecule has 1 saturated carbocycles. The number of nitrogens with zero attached hydrogens (tertiary/aromatic N) is 1. The van der Waals surface area contributed by atoms with Crippen LogP contribution >= 0.6 is 35.0 Å². The molecule has 1 aromatic carbocycles. The van der Waals surface area contributed by atoms with E-state index in [4.69, 9.17) is 27.9 Å². The molecule has 1 saturated heterocycles. The minimum Gasteiger partial charge on any atom is -0.447 e. The molecule has 28 heavy (non-hydrogen) atoms. The zero-order valence-corrected chi connectivity index (χ0v) is 18.3. The number of alkyl carbamates (subject to hydrolysis) is 1. The van der Waals surface area contributed by atoms with Gasteiger partial charge in [0.1, 0.15) is 12.0 Å². The first-order chi connectivity index (χ1) is 13.5. The summed E-state index contributed by atoms with van der Waals surface area (Å²) in [6.07, 6.45) is 5.82. The highest BCUT2D eigenvalue weighted by atomic mass is 35.5. The Morgan fingerprint density at radius 3 is 2.75 bits per heavy atom. The number of carbonyl (C=O) groups excluding carboxylic acids is 2. The van der Waals surface area contributed by atoms with Crippen LogP contribution in [0.4, 0.5) is 4.79 Å². The van der Waals surface area contributed by atoms with Gasteiger partial charge >= 0.3 is 6.09 Å². The van der Waals surface area contributed by atoms with E-state index < -0.39 is 6.09 Å². The van der Waals surface area contributed by atoms with E-state index in [2.05, 4.69) is 5.32 Å². The number of rotatable bonds is 6. The van der Waals surface area contributed by atoms with Crippen molar-refractivity contribution in [2.45, 2.75) is 62.9 Å². The number of benzene rings is 1. The third-order valence-corrected chi connectivity index (χ3v) is 7.11. The van der Waals surface area contributed by atoms with Gasteiger partial charge in [-0.2, -0.15) is 0 Å². The molecule has 1 aromatic rings. The topological polar surface area (TPSA) is 58.6 Å². The van der Waals surface area contributed by atoms with Crippen molar-refractivity contribution < 1.29 is 14.3 Å². The molecule has 154 valence electrons. The quantitative estimate of drug-likeness (QED) is 0.637. The molecule has 1 aliphatic carbocycles. The maximum Gasteiger partial charge on any atom is 0.407 e. The summed E-state index contributed by atoms with van der Waals surface area (Å²) in [5, 5.41) is 3.85. The summed E-state index contributed by atoms with van der Waals surface area (Å²) < 4.78 is 5.48. The SMILES string of the molecule is CC[C@H](COC(=O)NC1CCCCC1)N1C(=O)CS[C@@H]1c1ccc(Cl)cc1Cl. The first-order valence-corrected chi connectivity index (χ1v) is 11.6. The van der Waals surface area contributed by atoms with E-state index in [-0.39, 0.29) is 30.0 Å². The van der Waals surface area contributed by atoms with Crippen molar-refractivity contribution in [2.75, 3.05) is 12.4 Å².